The van der Waals surface area contributed by atoms with E-state index in [0.717, 1.165) is 29.6 Å². The molecule has 0 saturated carbocycles. The van der Waals surface area contributed by atoms with E-state index < -0.39 is 0 Å². The average molecular weight is 325 g/mol. The smallest absolute Gasteiger partial charge is 0.0718 e. The molecule has 1 N–H and O–H groups in total. The Bertz CT molecular complexity index is 470. The van der Waals surface area contributed by atoms with Crippen molar-refractivity contribution >= 4 is 27.3 Å². The fourth-order valence-corrected chi connectivity index (χ4v) is 3.15. The first kappa shape index (κ1) is 13.7. The largest absolute Gasteiger partial charge is 0.308 e. The van der Waals surface area contributed by atoms with Crippen LogP contribution >= 0.6 is 27.3 Å². The van der Waals surface area contributed by atoms with E-state index in [4.69, 9.17) is 0 Å². The highest BCUT2D eigenvalue weighted by Gasteiger charge is 2.16. The first-order valence-electron chi connectivity index (χ1n) is 6.17. The number of halogens is 1. The van der Waals surface area contributed by atoms with E-state index in [2.05, 4.69) is 56.7 Å². The van der Waals surface area contributed by atoms with Gasteiger partial charge in [0.05, 0.1) is 11.7 Å². The Morgan fingerprint density at radius 1 is 1.39 bits per heavy atom. The Morgan fingerprint density at radius 3 is 2.94 bits per heavy atom. The van der Waals surface area contributed by atoms with Gasteiger partial charge in [-0.2, -0.15) is 0 Å². The lowest BCUT2D eigenvalue weighted by atomic mass is 10.1. The molecule has 1 unspecified atom stereocenters. The lowest BCUT2D eigenvalue weighted by Gasteiger charge is -2.18. The van der Waals surface area contributed by atoms with Crippen LogP contribution in [-0.4, -0.2) is 11.5 Å². The number of hydrogen-bond acceptors (Lipinski definition) is 3. The summed E-state index contributed by atoms with van der Waals surface area (Å²) in [6.45, 7) is 3.20. The summed E-state index contributed by atoms with van der Waals surface area (Å²) in [5, 5.41) is 5.70. The summed E-state index contributed by atoms with van der Waals surface area (Å²) in [4.78, 5) is 5.90. The molecule has 2 nitrogen and oxygen atoms in total. The number of nitrogens with one attached hydrogen (secondary N) is 1. The van der Waals surface area contributed by atoms with Gasteiger partial charge in [0.1, 0.15) is 0 Å². The predicted molar refractivity (Wildman–Crippen MR) is 81.0 cm³/mol. The molecule has 0 aromatic carbocycles. The van der Waals surface area contributed by atoms with Crippen LogP contribution in [0.1, 0.15) is 30.0 Å². The van der Waals surface area contributed by atoms with Crippen LogP contribution in [0.5, 0.6) is 0 Å². The Balaban J connectivity index is 2.16. The zero-order valence-corrected chi connectivity index (χ0v) is 12.8. The Morgan fingerprint density at radius 2 is 2.28 bits per heavy atom. The van der Waals surface area contributed by atoms with Crippen molar-refractivity contribution in [3.8, 4) is 0 Å². The molecular weight excluding hydrogens is 308 g/mol. The van der Waals surface area contributed by atoms with Crippen molar-refractivity contribution in [2.24, 2.45) is 0 Å². The van der Waals surface area contributed by atoms with Crippen molar-refractivity contribution in [3.63, 3.8) is 0 Å². The van der Waals surface area contributed by atoms with Crippen LogP contribution < -0.4 is 5.32 Å². The van der Waals surface area contributed by atoms with Crippen molar-refractivity contribution in [2.75, 3.05) is 6.54 Å². The molecule has 2 heterocycles. The van der Waals surface area contributed by atoms with Gasteiger partial charge in [-0.1, -0.05) is 13.0 Å². The number of hydrogen-bond donors (Lipinski definition) is 1. The summed E-state index contributed by atoms with van der Waals surface area (Å²) in [6.07, 6.45) is 3.98. The topological polar surface area (TPSA) is 24.9 Å². The Kier molecular flexibility index (Phi) is 5.35. The Labute approximate surface area is 121 Å². The molecule has 2 aromatic rings. The van der Waals surface area contributed by atoms with Crippen molar-refractivity contribution in [1.82, 2.24) is 10.3 Å². The molecule has 0 bridgehead atoms. The summed E-state index contributed by atoms with van der Waals surface area (Å²) in [5.41, 5.74) is 1.10. The second-order valence-corrected chi connectivity index (χ2v) is 6.05. The molecule has 0 radical (unpaired) electrons. The van der Waals surface area contributed by atoms with Crippen LogP contribution in [0.3, 0.4) is 0 Å². The van der Waals surface area contributed by atoms with E-state index >= 15 is 0 Å². The molecule has 0 saturated heterocycles. The van der Waals surface area contributed by atoms with Gasteiger partial charge in [0.2, 0.25) is 0 Å². The second kappa shape index (κ2) is 7.02. The van der Waals surface area contributed by atoms with Gasteiger partial charge in [-0.05, 0) is 52.5 Å². The minimum Gasteiger partial charge on any atom is -0.308 e. The van der Waals surface area contributed by atoms with Crippen molar-refractivity contribution < 1.29 is 0 Å². The molecular formula is C14H17BrN2S. The summed E-state index contributed by atoms with van der Waals surface area (Å²) >= 11 is 5.40. The molecule has 2 rings (SSSR count). The van der Waals surface area contributed by atoms with Gasteiger partial charge in [0.15, 0.2) is 0 Å². The van der Waals surface area contributed by atoms with Gasteiger partial charge in [-0.25, -0.2) is 0 Å². The molecule has 0 fully saturated rings. The van der Waals surface area contributed by atoms with Gasteiger partial charge < -0.3 is 5.32 Å². The van der Waals surface area contributed by atoms with Crippen LogP contribution in [0.4, 0.5) is 0 Å². The first-order chi connectivity index (χ1) is 8.81. The van der Waals surface area contributed by atoms with Crippen LogP contribution in [0.2, 0.25) is 0 Å². The SMILES string of the molecule is CCCNC(Cc1cccs1)c1ncccc1Br. The number of rotatable bonds is 6. The third-order valence-corrected chi connectivity index (χ3v) is 4.31. The number of thiophene rings is 1. The lowest BCUT2D eigenvalue weighted by Crippen LogP contribution is -2.25. The highest BCUT2D eigenvalue weighted by atomic mass is 79.9. The zero-order chi connectivity index (χ0) is 12.8. The minimum atomic E-state index is 0.277. The molecule has 18 heavy (non-hydrogen) atoms. The normalized spacial score (nSPS) is 12.6. The van der Waals surface area contributed by atoms with E-state index in [0.29, 0.717) is 0 Å². The quantitative estimate of drug-likeness (QED) is 0.861. The molecule has 4 heteroatoms. The fourth-order valence-electron chi connectivity index (χ4n) is 1.87. The maximum absolute atomic E-state index is 4.51. The van der Waals surface area contributed by atoms with E-state index in [9.17, 15) is 0 Å². The summed E-state index contributed by atoms with van der Waals surface area (Å²) in [7, 11) is 0. The molecule has 96 valence electrons. The molecule has 0 aliphatic carbocycles. The molecule has 0 aliphatic heterocycles. The summed E-state index contributed by atoms with van der Waals surface area (Å²) < 4.78 is 1.08. The molecule has 0 spiro atoms. The van der Waals surface area contributed by atoms with Gasteiger partial charge in [-0.15, -0.1) is 11.3 Å². The van der Waals surface area contributed by atoms with Gasteiger partial charge in [0, 0.05) is 22.0 Å². The Hall–Kier alpha value is -0.710. The van der Waals surface area contributed by atoms with Crippen molar-refractivity contribution in [3.05, 3.63) is 50.9 Å². The maximum atomic E-state index is 4.51. The van der Waals surface area contributed by atoms with Gasteiger partial charge in [0.25, 0.3) is 0 Å². The van der Waals surface area contributed by atoms with E-state index in [-0.39, 0.29) is 6.04 Å². The lowest BCUT2D eigenvalue weighted by molar-refractivity contribution is 0.519. The standard InChI is InChI=1S/C14H17BrN2S/c1-2-7-16-13(10-11-5-4-9-18-11)14-12(15)6-3-8-17-14/h3-6,8-9,13,16H,2,7,10H2,1H3. The highest BCUT2D eigenvalue weighted by molar-refractivity contribution is 9.10. The monoisotopic (exact) mass is 324 g/mol. The molecule has 2 aromatic heterocycles. The second-order valence-electron chi connectivity index (χ2n) is 4.16. The van der Waals surface area contributed by atoms with Gasteiger partial charge in [-0.3, -0.25) is 4.98 Å². The van der Waals surface area contributed by atoms with Gasteiger partial charge >= 0.3 is 0 Å². The van der Waals surface area contributed by atoms with E-state index in [1.165, 1.54) is 4.88 Å². The van der Waals surface area contributed by atoms with E-state index in [1.807, 2.05) is 12.3 Å². The minimum absolute atomic E-state index is 0.277. The van der Waals surface area contributed by atoms with Crippen LogP contribution in [0.25, 0.3) is 0 Å². The molecule has 0 amide bonds. The average Bonchev–Trinajstić information content (AvgIpc) is 2.88. The van der Waals surface area contributed by atoms with Crippen molar-refractivity contribution in [2.45, 2.75) is 25.8 Å². The molecule has 1 atom stereocenters. The summed E-state index contributed by atoms with van der Waals surface area (Å²) in [5.74, 6) is 0. The highest BCUT2D eigenvalue weighted by Crippen LogP contribution is 2.25. The maximum Gasteiger partial charge on any atom is 0.0718 e. The van der Waals surface area contributed by atoms with Crippen LogP contribution in [0, 0.1) is 0 Å². The van der Waals surface area contributed by atoms with Crippen molar-refractivity contribution in [1.29, 1.82) is 0 Å². The third-order valence-electron chi connectivity index (χ3n) is 2.74. The number of nitrogens with zero attached hydrogens (tertiary/aromatic N) is 1. The van der Waals surface area contributed by atoms with E-state index in [1.54, 1.807) is 11.3 Å². The first-order valence-corrected chi connectivity index (χ1v) is 7.84. The number of pyridine rings is 1. The van der Waals surface area contributed by atoms with Crippen LogP contribution in [-0.2, 0) is 6.42 Å². The summed E-state index contributed by atoms with van der Waals surface area (Å²) in [6, 6.07) is 8.57. The predicted octanol–water partition coefficient (Wildman–Crippen LogP) is 4.19. The number of aromatic nitrogens is 1. The fraction of sp³-hybridized carbons (Fsp3) is 0.357. The third kappa shape index (κ3) is 3.64. The zero-order valence-electron chi connectivity index (χ0n) is 10.4. The van der Waals surface area contributed by atoms with Crippen LogP contribution in [0.15, 0.2) is 40.3 Å². The molecule has 0 aliphatic rings.